The maximum atomic E-state index is 6.62. The molecule has 3 heterocycles. The molecular formula is C54H33N3O. The highest BCUT2D eigenvalue weighted by Crippen LogP contribution is 2.63. The SMILES string of the molecule is c1ccc(-c2cc(-c3cccc(-c4nc5ccccc5c5c6c(ccc45)C4(c5ccccc5Oc5ccccc54)c4ccccc4-6)c3)nc(-c3ccccc3)n2)cc1. The summed E-state index contributed by atoms with van der Waals surface area (Å²) in [6, 6.07) is 70.5. The summed E-state index contributed by atoms with van der Waals surface area (Å²) in [6.07, 6.45) is 0. The summed E-state index contributed by atoms with van der Waals surface area (Å²) in [5, 5.41) is 3.44. The van der Waals surface area contributed by atoms with Gasteiger partial charge in [-0.3, -0.25) is 0 Å². The molecule has 2 aliphatic rings. The Kier molecular flexibility index (Phi) is 7.11. The summed E-state index contributed by atoms with van der Waals surface area (Å²) < 4.78 is 6.62. The number of hydrogen-bond acceptors (Lipinski definition) is 4. The van der Waals surface area contributed by atoms with Gasteiger partial charge < -0.3 is 4.74 Å². The van der Waals surface area contributed by atoms with Crippen molar-refractivity contribution in [1.82, 2.24) is 15.0 Å². The Labute approximate surface area is 335 Å². The number of rotatable bonds is 4. The van der Waals surface area contributed by atoms with E-state index >= 15 is 0 Å². The molecule has 0 fully saturated rings. The van der Waals surface area contributed by atoms with Crippen LogP contribution in [0.4, 0.5) is 0 Å². The van der Waals surface area contributed by atoms with Gasteiger partial charge in [-0.05, 0) is 52.6 Å². The third-order valence-corrected chi connectivity index (χ3v) is 11.9. The third kappa shape index (κ3) is 4.72. The van der Waals surface area contributed by atoms with E-state index in [1.54, 1.807) is 0 Å². The van der Waals surface area contributed by atoms with E-state index in [9.17, 15) is 0 Å². The lowest BCUT2D eigenvalue weighted by Crippen LogP contribution is -2.32. The van der Waals surface area contributed by atoms with Crippen molar-refractivity contribution in [2.24, 2.45) is 0 Å². The fourth-order valence-electron chi connectivity index (χ4n) is 9.50. The molecule has 0 atom stereocenters. The molecule has 8 aromatic carbocycles. The van der Waals surface area contributed by atoms with Crippen LogP contribution < -0.4 is 4.74 Å². The van der Waals surface area contributed by atoms with E-state index in [0.717, 1.165) is 78.3 Å². The molecule has 0 N–H and O–H groups in total. The van der Waals surface area contributed by atoms with Gasteiger partial charge in [0.1, 0.15) is 11.5 Å². The Morgan fingerprint density at radius 1 is 0.379 bits per heavy atom. The van der Waals surface area contributed by atoms with E-state index < -0.39 is 5.41 Å². The van der Waals surface area contributed by atoms with Crippen molar-refractivity contribution in [3.63, 3.8) is 0 Å². The normalized spacial score (nSPS) is 13.1. The maximum Gasteiger partial charge on any atom is 0.160 e. The Hall–Kier alpha value is -7.69. The zero-order valence-electron chi connectivity index (χ0n) is 31.3. The van der Waals surface area contributed by atoms with Crippen molar-refractivity contribution in [2.45, 2.75) is 5.41 Å². The molecule has 0 saturated carbocycles. The number of aromatic nitrogens is 3. The van der Waals surface area contributed by atoms with Gasteiger partial charge in [0.2, 0.25) is 0 Å². The molecule has 0 radical (unpaired) electrons. The van der Waals surface area contributed by atoms with Crippen molar-refractivity contribution in [2.75, 3.05) is 0 Å². The monoisotopic (exact) mass is 739 g/mol. The van der Waals surface area contributed by atoms with Crippen LogP contribution in [0.1, 0.15) is 22.3 Å². The molecule has 4 nitrogen and oxygen atoms in total. The van der Waals surface area contributed by atoms with Crippen molar-refractivity contribution >= 4 is 21.7 Å². The second kappa shape index (κ2) is 12.7. The van der Waals surface area contributed by atoms with Gasteiger partial charge >= 0.3 is 0 Å². The summed E-state index contributed by atoms with van der Waals surface area (Å²) in [6.45, 7) is 0. The number of nitrogens with zero attached hydrogens (tertiary/aromatic N) is 3. The first-order valence-electron chi connectivity index (χ1n) is 19.7. The average Bonchev–Trinajstić information content (AvgIpc) is 3.60. The molecular weight excluding hydrogens is 707 g/mol. The fraction of sp³-hybridized carbons (Fsp3) is 0.0185. The Bertz CT molecular complexity index is 3160. The van der Waals surface area contributed by atoms with E-state index in [4.69, 9.17) is 19.7 Å². The van der Waals surface area contributed by atoms with Crippen LogP contribution in [0.3, 0.4) is 0 Å². The van der Waals surface area contributed by atoms with Crippen molar-refractivity contribution in [3.05, 3.63) is 222 Å². The molecule has 4 heteroatoms. The lowest BCUT2D eigenvalue weighted by atomic mass is 9.66. The van der Waals surface area contributed by atoms with Crippen LogP contribution in [0.2, 0.25) is 0 Å². The Balaban J connectivity index is 1.12. The van der Waals surface area contributed by atoms with E-state index in [1.165, 1.54) is 27.6 Å². The zero-order chi connectivity index (χ0) is 38.2. The summed E-state index contributed by atoms with van der Waals surface area (Å²) in [4.78, 5) is 15.6. The average molecular weight is 740 g/mol. The van der Waals surface area contributed by atoms with Gasteiger partial charge in [-0.1, -0.05) is 170 Å². The largest absolute Gasteiger partial charge is 0.457 e. The zero-order valence-corrected chi connectivity index (χ0v) is 31.3. The van der Waals surface area contributed by atoms with Gasteiger partial charge in [-0.15, -0.1) is 0 Å². The van der Waals surface area contributed by atoms with Gasteiger partial charge in [-0.2, -0.15) is 0 Å². The molecule has 0 unspecified atom stereocenters. The number of benzene rings is 8. The van der Waals surface area contributed by atoms with Crippen LogP contribution in [-0.4, -0.2) is 15.0 Å². The van der Waals surface area contributed by atoms with E-state index in [2.05, 4.69) is 164 Å². The van der Waals surface area contributed by atoms with Gasteiger partial charge in [0, 0.05) is 49.5 Å². The van der Waals surface area contributed by atoms with Gasteiger partial charge in [0.25, 0.3) is 0 Å². The molecule has 0 saturated heterocycles. The summed E-state index contributed by atoms with van der Waals surface area (Å²) in [5.41, 5.74) is 14.4. The topological polar surface area (TPSA) is 47.9 Å². The lowest BCUT2D eigenvalue weighted by Gasteiger charge is -2.39. The Morgan fingerprint density at radius 2 is 0.966 bits per heavy atom. The minimum atomic E-state index is -0.560. The fourth-order valence-corrected chi connectivity index (χ4v) is 9.50. The molecule has 10 aromatic rings. The smallest absolute Gasteiger partial charge is 0.160 e. The minimum absolute atomic E-state index is 0.560. The summed E-state index contributed by atoms with van der Waals surface area (Å²) in [7, 11) is 0. The summed E-state index contributed by atoms with van der Waals surface area (Å²) >= 11 is 0. The first kappa shape index (κ1) is 32.5. The number of hydrogen-bond donors (Lipinski definition) is 0. The predicted octanol–water partition coefficient (Wildman–Crippen LogP) is 13.3. The highest BCUT2D eigenvalue weighted by atomic mass is 16.5. The number of fused-ring (bicyclic) bond motifs is 13. The van der Waals surface area contributed by atoms with Crippen LogP contribution in [0, 0.1) is 0 Å². The highest BCUT2D eigenvalue weighted by Gasteiger charge is 2.51. The van der Waals surface area contributed by atoms with E-state index in [0.29, 0.717) is 5.82 Å². The molecule has 1 aliphatic carbocycles. The first-order valence-corrected chi connectivity index (χ1v) is 19.7. The highest BCUT2D eigenvalue weighted by molar-refractivity contribution is 6.19. The molecule has 270 valence electrons. The molecule has 0 amide bonds. The predicted molar refractivity (Wildman–Crippen MR) is 234 cm³/mol. The van der Waals surface area contributed by atoms with Crippen LogP contribution in [0.25, 0.3) is 78.0 Å². The van der Waals surface area contributed by atoms with Gasteiger partial charge in [0.05, 0.1) is 28.0 Å². The van der Waals surface area contributed by atoms with Gasteiger partial charge in [0.15, 0.2) is 5.82 Å². The third-order valence-electron chi connectivity index (χ3n) is 11.9. The Morgan fingerprint density at radius 3 is 1.72 bits per heavy atom. The van der Waals surface area contributed by atoms with Crippen LogP contribution >= 0.6 is 0 Å². The van der Waals surface area contributed by atoms with Crippen molar-refractivity contribution < 1.29 is 4.74 Å². The maximum absolute atomic E-state index is 6.62. The number of para-hydroxylation sites is 3. The molecule has 58 heavy (non-hydrogen) atoms. The van der Waals surface area contributed by atoms with Crippen LogP contribution in [-0.2, 0) is 5.41 Å². The second-order valence-electron chi connectivity index (χ2n) is 15.1. The van der Waals surface area contributed by atoms with E-state index in [-0.39, 0.29) is 0 Å². The van der Waals surface area contributed by atoms with Gasteiger partial charge in [-0.25, -0.2) is 15.0 Å². The summed E-state index contributed by atoms with van der Waals surface area (Å²) in [5.74, 6) is 2.46. The molecule has 12 rings (SSSR count). The quantitative estimate of drug-likeness (QED) is 0.169. The molecule has 1 aliphatic heterocycles. The molecule has 0 bridgehead atoms. The minimum Gasteiger partial charge on any atom is -0.457 e. The second-order valence-corrected chi connectivity index (χ2v) is 15.1. The van der Waals surface area contributed by atoms with E-state index in [1.807, 2.05) is 36.4 Å². The molecule has 2 aromatic heterocycles. The van der Waals surface area contributed by atoms with Crippen molar-refractivity contribution in [3.8, 4) is 67.8 Å². The number of ether oxygens (including phenoxy) is 1. The molecule has 1 spiro atoms. The van der Waals surface area contributed by atoms with Crippen molar-refractivity contribution in [1.29, 1.82) is 0 Å². The first-order chi connectivity index (χ1) is 28.8. The van der Waals surface area contributed by atoms with Crippen LogP contribution in [0.15, 0.2) is 200 Å². The number of pyridine rings is 1. The standard InChI is InChI=1S/C54H33N3O/c1-3-16-34(17-4-1)46-33-47(57-53(56-46)35-18-5-2-6-19-35)36-20-15-21-37(32-36)52-40-30-31-44-51(50(40)39-23-8-12-27-45(39)55-52)38-22-7-9-24-41(38)54(44)42-25-10-13-28-48(42)58-49-29-14-11-26-43(49)54/h1-33H. The lowest BCUT2D eigenvalue weighted by molar-refractivity contribution is 0.436. The van der Waals surface area contributed by atoms with Crippen LogP contribution in [0.5, 0.6) is 11.5 Å².